The Morgan fingerprint density at radius 3 is 2.59 bits per heavy atom. The van der Waals surface area contributed by atoms with Gasteiger partial charge < -0.3 is 14.2 Å². The lowest BCUT2D eigenvalue weighted by Crippen LogP contribution is -2.33. The maximum Gasteiger partial charge on any atom is 0.292 e. The highest BCUT2D eigenvalue weighted by atomic mass is 16.7. The lowest BCUT2D eigenvalue weighted by molar-refractivity contribution is 0.0962. The minimum Gasteiger partial charge on any atom is -0.465 e. The first-order chi connectivity index (χ1) is 13.0. The molecule has 1 aliphatic rings. The molecule has 1 N–H and O–H groups in total. The van der Waals surface area contributed by atoms with Crippen molar-refractivity contribution in [1.82, 2.24) is 5.32 Å². The second-order valence-electron chi connectivity index (χ2n) is 6.75. The Morgan fingerprint density at radius 1 is 1.11 bits per heavy atom. The number of hydrogen-bond acceptors (Lipinski definition) is 5. The number of benzene rings is 2. The summed E-state index contributed by atoms with van der Waals surface area (Å²) in [7, 11) is 0. The molecule has 0 saturated carbocycles. The average molecular weight is 368 g/mol. The summed E-state index contributed by atoms with van der Waals surface area (Å²) >= 11 is 0. The van der Waals surface area contributed by atoms with Crippen molar-refractivity contribution in [3.05, 3.63) is 59.7 Å². The molecule has 1 amide bonds. The van der Waals surface area contributed by atoms with Gasteiger partial charge in [-0.25, -0.2) is 4.99 Å². The molecule has 1 aliphatic heterocycles. The first kappa shape index (κ1) is 18.8. The number of fused-ring (bicyclic) bond motifs is 1. The quantitative estimate of drug-likeness (QED) is 0.641. The number of ether oxygens (including phenoxy) is 3. The zero-order valence-corrected chi connectivity index (χ0v) is 15.8. The molecule has 2 aromatic carbocycles. The van der Waals surface area contributed by atoms with Crippen LogP contribution in [-0.4, -0.2) is 25.3 Å². The molecular formula is C21H24N2O4. The zero-order valence-electron chi connectivity index (χ0n) is 15.8. The number of carbonyl (C=O) groups excluding carboxylic acids is 1. The fourth-order valence-electron chi connectivity index (χ4n) is 2.54. The summed E-state index contributed by atoms with van der Waals surface area (Å²) in [6, 6.07) is 15.0. The summed E-state index contributed by atoms with van der Waals surface area (Å²) in [6.07, 6.45) is 0. The van der Waals surface area contributed by atoms with E-state index in [0.29, 0.717) is 29.6 Å². The van der Waals surface area contributed by atoms with Gasteiger partial charge in [-0.2, -0.15) is 0 Å². The molecule has 6 nitrogen and oxygen atoms in total. The van der Waals surface area contributed by atoms with E-state index in [0.717, 1.165) is 5.56 Å². The average Bonchev–Trinajstić information content (AvgIpc) is 3.14. The standard InChI is InChI=1S/C21H24N2O4/c1-14(2)12-25-21(22-15(3)16-7-5-4-6-8-16)23-20(24)17-9-10-18-19(11-17)27-13-26-18/h4-11,14-15H,12-13H2,1-3H3,(H,22,23,24). The second-order valence-corrected chi connectivity index (χ2v) is 6.75. The van der Waals surface area contributed by atoms with Crippen molar-refractivity contribution in [2.24, 2.45) is 10.9 Å². The summed E-state index contributed by atoms with van der Waals surface area (Å²) in [6.45, 7) is 6.66. The normalized spacial score (nSPS) is 14.1. The van der Waals surface area contributed by atoms with E-state index < -0.39 is 0 Å². The molecule has 6 heteroatoms. The Kier molecular flexibility index (Phi) is 5.96. The third kappa shape index (κ3) is 5.00. The van der Waals surface area contributed by atoms with Crippen molar-refractivity contribution >= 4 is 11.9 Å². The molecule has 3 rings (SSSR count). The van der Waals surface area contributed by atoms with E-state index in [4.69, 9.17) is 14.2 Å². The van der Waals surface area contributed by atoms with Crippen LogP contribution < -0.4 is 14.8 Å². The number of rotatable bonds is 5. The van der Waals surface area contributed by atoms with Gasteiger partial charge in [-0.15, -0.1) is 0 Å². The predicted octanol–water partition coefficient (Wildman–Crippen LogP) is 3.93. The van der Waals surface area contributed by atoms with Gasteiger partial charge in [-0.3, -0.25) is 10.1 Å². The topological polar surface area (TPSA) is 69.2 Å². The van der Waals surface area contributed by atoms with E-state index in [2.05, 4.69) is 10.3 Å². The molecule has 0 spiro atoms. The van der Waals surface area contributed by atoms with Crippen molar-refractivity contribution in [1.29, 1.82) is 0 Å². The number of amidine groups is 1. The number of nitrogens with zero attached hydrogens (tertiary/aromatic N) is 1. The maximum absolute atomic E-state index is 12.6. The van der Waals surface area contributed by atoms with Crippen LogP contribution in [0.3, 0.4) is 0 Å². The highest BCUT2D eigenvalue weighted by molar-refractivity contribution is 6.04. The van der Waals surface area contributed by atoms with E-state index in [-0.39, 0.29) is 24.8 Å². The van der Waals surface area contributed by atoms with E-state index in [9.17, 15) is 4.79 Å². The lowest BCUT2D eigenvalue weighted by atomic mass is 10.1. The number of hydrogen-bond donors (Lipinski definition) is 1. The first-order valence-electron chi connectivity index (χ1n) is 8.99. The van der Waals surface area contributed by atoms with E-state index >= 15 is 0 Å². The zero-order chi connectivity index (χ0) is 19.2. The summed E-state index contributed by atoms with van der Waals surface area (Å²) in [4.78, 5) is 17.2. The molecule has 142 valence electrons. The number of amides is 1. The molecule has 0 fully saturated rings. The highest BCUT2D eigenvalue weighted by Gasteiger charge is 2.18. The van der Waals surface area contributed by atoms with Gasteiger partial charge >= 0.3 is 0 Å². The molecule has 0 radical (unpaired) electrons. The Hall–Kier alpha value is -3.02. The molecule has 0 aromatic heterocycles. The fraction of sp³-hybridized carbons (Fsp3) is 0.333. The molecule has 1 unspecified atom stereocenters. The number of aliphatic imine (C=N–C) groups is 1. The fourth-order valence-corrected chi connectivity index (χ4v) is 2.54. The monoisotopic (exact) mass is 368 g/mol. The summed E-state index contributed by atoms with van der Waals surface area (Å²) in [5.74, 6) is 1.19. The Bertz CT molecular complexity index is 818. The van der Waals surface area contributed by atoms with Crippen LogP contribution in [0.2, 0.25) is 0 Å². The SMILES string of the molecule is CC(C)COC(=NC(C)c1ccccc1)NC(=O)c1ccc2c(c1)OCO2. The highest BCUT2D eigenvalue weighted by Crippen LogP contribution is 2.32. The van der Waals surface area contributed by atoms with Crippen LogP contribution in [0, 0.1) is 5.92 Å². The molecule has 2 aromatic rings. The Labute approximate surface area is 159 Å². The number of nitrogens with one attached hydrogen (secondary N) is 1. The van der Waals surface area contributed by atoms with E-state index in [1.165, 1.54) is 0 Å². The van der Waals surface area contributed by atoms with Crippen LogP contribution in [0.25, 0.3) is 0 Å². The predicted molar refractivity (Wildman–Crippen MR) is 103 cm³/mol. The minimum absolute atomic E-state index is 0.148. The van der Waals surface area contributed by atoms with Crippen molar-refractivity contribution in [3.8, 4) is 11.5 Å². The van der Waals surface area contributed by atoms with Gasteiger partial charge in [0.05, 0.1) is 12.6 Å². The Balaban J connectivity index is 1.76. The van der Waals surface area contributed by atoms with E-state index in [1.807, 2.05) is 51.1 Å². The first-order valence-corrected chi connectivity index (χ1v) is 8.99. The molecule has 0 saturated heterocycles. The third-order valence-electron chi connectivity index (χ3n) is 4.00. The van der Waals surface area contributed by atoms with Crippen molar-refractivity contribution < 1.29 is 19.0 Å². The van der Waals surface area contributed by atoms with Crippen LogP contribution in [-0.2, 0) is 4.74 Å². The van der Waals surface area contributed by atoms with Crippen molar-refractivity contribution in [2.45, 2.75) is 26.8 Å². The smallest absolute Gasteiger partial charge is 0.292 e. The van der Waals surface area contributed by atoms with Crippen LogP contribution in [0.1, 0.15) is 42.7 Å². The van der Waals surface area contributed by atoms with Gasteiger partial charge in [-0.05, 0) is 36.6 Å². The van der Waals surface area contributed by atoms with Crippen molar-refractivity contribution in [3.63, 3.8) is 0 Å². The van der Waals surface area contributed by atoms with Gasteiger partial charge in [0.25, 0.3) is 11.9 Å². The van der Waals surface area contributed by atoms with Crippen LogP contribution in [0.5, 0.6) is 11.5 Å². The van der Waals surface area contributed by atoms with Gasteiger partial charge in [0, 0.05) is 5.56 Å². The van der Waals surface area contributed by atoms with E-state index in [1.54, 1.807) is 18.2 Å². The largest absolute Gasteiger partial charge is 0.465 e. The summed E-state index contributed by atoms with van der Waals surface area (Å²) in [5.41, 5.74) is 1.49. The lowest BCUT2D eigenvalue weighted by Gasteiger charge is -2.15. The molecule has 1 atom stereocenters. The van der Waals surface area contributed by atoms with Crippen molar-refractivity contribution in [2.75, 3.05) is 13.4 Å². The van der Waals surface area contributed by atoms with Gasteiger partial charge in [-0.1, -0.05) is 44.2 Å². The molecule has 1 heterocycles. The molecule has 0 aliphatic carbocycles. The molecular weight excluding hydrogens is 344 g/mol. The molecule has 27 heavy (non-hydrogen) atoms. The second kappa shape index (κ2) is 8.58. The Morgan fingerprint density at radius 2 is 1.85 bits per heavy atom. The van der Waals surface area contributed by atoms with Gasteiger partial charge in [0.2, 0.25) is 6.79 Å². The van der Waals surface area contributed by atoms with Gasteiger partial charge in [0.15, 0.2) is 11.5 Å². The summed E-state index contributed by atoms with van der Waals surface area (Å²) in [5, 5.41) is 2.77. The summed E-state index contributed by atoms with van der Waals surface area (Å²) < 4.78 is 16.4. The van der Waals surface area contributed by atoms with Crippen LogP contribution in [0.15, 0.2) is 53.5 Å². The number of carbonyl (C=O) groups is 1. The minimum atomic E-state index is -0.309. The van der Waals surface area contributed by atoms with Gasteiger partial charge in [0.1, 0.15) is 0 Å². The maximum atomic E-state index is 12.6. The van der Waals surface area contributed by atoms with Crippen LogP contribution >= 0.6 is 0 Å². The van der Waals surface area contributed by atoms with Crippen LogP contribution in [0.4, 0.5) is 0 Å². The molecule has 0 bridgehead atoms. The third-order valence-corrected chi connectivity index (χ3v) is 4.00.